The van der Waals surface area contributed by atoms with E-state index in [-0.39, 0.29) is 17.0 Å². The fraction of sp³-hybridized carbons (Fsp3) is 0.522. The molecule has 3 aliphatic heterocycles. The van der Waals surface area contributed by atoms with Crippen LogP contribution in [0, 0.1) is 12.8 Å². The first-order valence-corrected chi connectivity index (χ1v) is 10.8. The van der Waals surface area contributed by atoms with Crippen molar-refractivity contribution in [2.45, 2.75) is 44.2 Å². The Balaban J connectivity index is 1.35. The van der Waals surface area contributed by atoms with E-state index in [9.17, 15) is 14.7 Å². The minimum atomic E-state index is -1.03. The predicted octanol–water partition coefficient (Wildman–Crippen LogP) is 1.38. The summed E-state index contributed by atoms with van der Waals surface area (Å²) in [6.45, 7) is 5.27. The molecule has 2 bridgehead atoms. The molecule has 0 saturated carbocycles. The number of piperidine rings is 2. The van der Waals surface area contributed by atoms with Gasteiger partial charge in [0.1, 0.15) is 11.2 Å². The second-order valence-electron chi connectivity index (χ2n) is 9.09. The lowest BCUT2D eigenvalue weighted by molar-refractivity contribution is -0.0244. The zero-order valence-electron chi connectivity index (χ0n) is 17.3. The zero-order valence-corrected chi connectivity index (χ0v) is 17.3. The number of hydrogen-bond acceptors (Lipinski definition) is 5. The maximum Gasteiger partial charge on any atom is 0.263 e. The smallest absolute Gasteiger partial charge is 0.263 e. The highest BCUT2D eigenvalue weighted by Gasteiger charge is 2.38. The van der Waals surface area contributed by atoms with Crippen LogP contribution in [0.15, 0.2) is 35.3 Å². The third-order valence-corrected chi connectivity index (χ3v) is 7.01. The molecule has 3 aliphatic rings. The van der Waals surface area contributed by atoms with Crippen LogP contribution in [0.25, 0.3) is 0 Å². The van der Waals surface area contributed by atoms with Gasteiger partial charge < -0.3 is 19.9 Å². The number of fused-ring (bicyclic) bond motifs is 4. The highest BCUT2D eigenvalue weighted by Crippen LogP contribution is 2.33. The average Bonchev–Trinajstić information content (AvgIpc) is 2.75. The summed E-state index contributed by atoms with van der Waals surface area (Å²) < 4.78 is 1.82. The zero-order chi connectivity index (χ0) is 20.9. The number of amides is 1. The highest BCUT2D eigenvalue weighted by atomic mass is 16.3. The molecule has 7 heteroatoms. The van der Waals surface area contributed by atoms with E-state index in [1.807, 2.05) is 29.7 Å². The predicted molar refractivity (Wildman–Crippen MR) is 112 cm³/mol. The standard InChI is InChI=1S/C23H28N4O3/c1-15-2-5-20(25-11-15)23(30)6-8-26(9-7-23)21(28)18-3-4-19-17-10-16(12-24-13-17)14-27(19)22(18)29/h2-5,11,16-17,24,30H,6-10,12-14H2,1H3/t16-,17+/m0/s1. The molecule has 2 atom stereocenters. The van der Waals surface area contributed by atoms with Crippen molar-refractivity contribution < 1.29 is 9.90 Å². The fourth-order valence-corrected chi connectivity index (χ4v) is 5.20. The number of nitrogens with one attached hydrogen (secondary N) is 1. The van der Waals surface area contributed by atoms with Crippen molar-refractivity contribution in [3.8, 4) is 0 Å². The van der Waals surface area contributed by atoms with E-state index in [0.717, 1.165) is 30.8 Å². The number of aryl methyl sites for hydroxylation is 1. The molecule has 2 saturated heterocycles. The molecule has 2 aromatic heterocycles. The van der Waals surface area contributed by atoms with Crippen LogP contribution < -0.4 is 10.9 Å². The summed E-state index contributed by atoms with van der Waals surface area (Å²) in [5, 5.41) is 14.5. The van der Waals surface area contributed by atoms with Crippen LogP contribution in [0.1, 0.15) is 52.5 Å². The quantitative estimate of drug-likeness (QED) is 0.784. The topological polar surface area (TPSA) is 87.5 Å². The van der Waals surface area contributed by atoms with E-state index in [1.54, 1.807) is 17.2 Å². The Morgan fingerprint density at radius 2 is 2.00 bits per heavy atom. The van der Waals surface area contributed by atoms with Crippen molar-refractivity contribution in [2.24, 2.45) is 5.92 Å². The Labute approximate surface area is 175 Å². The van der Waals surface area contributed by atoms with E-state index < -0.39 is 5.60 Å². The van der Waals surface area contributed by atoms with E-state index in [4.69, 9.17) is 0 Å². The Kier molecular flexibility index (Phi) is 4.75. The van der Waals surface area contributed by atoms with Crippen LogP contribution in [0.3, 0.4) is 0 Å². The average molecular weight is 409 g/mol. The lowest BCUT2D eigenvalue weighted by Crippen LogP contribution is -2.48. The molecule has 2 aromatic rings. The van der Waals surface area contributed by atoms with E-state index in [1.165, 1.54) is 0 Å². The van der Waals surface area contributed by atoms with Crippen molar-refractivity contribution in [3.63, 3.8) is 0 Å². The molecule has 1 amide bonds. The number of likely N-dealkylation sites (tertiary alicyclic amines) is 1. The van der Waals surface area contributed by atoms with Gasteiger partial charge in [0.15, 0.2) is 0 Å². The summed E-state index contributed by atoms with van der Waals surface area (Å²) in [5.74, 6) is 0.565. The minimum absolute atomic E-state index is 0.171. The molecular formula is C23H28N4O3. The second kappa shape index (κ2) is 7.32. The van der Waals surface area contributed by atoms with Crippen LogP contribution in [0.5, 0.6) is 0 Å². The van der Waals surface area contributed by atoms with Gasteiger partial charge in [0.25, 0.3) is 11.5 Å². The first-order chi connectivity index (χ1) is 14.4. The van der Waals surface area contributed by atoms with Gasteiger partial charge in [-0.3, -0.25) is 14.6 Å². The summed E-state index contributed by atoms with van der Waals surface area (Å²) in [6.07, 6.45) is 3.69. The van der Waals surface area contributed by atoms with Crippen molar-refractivity contribution in [2.75, 3.05) is 26.2 Å². The number of nitrogens with zero attached hydrogens (tertiary/aromatic N) is 3. The molecular weight excluding hydrogens is 380 g/mol. The van der Waals surface area contributed by atoms with Gasteiger partial charge in [-0.25, -0.2) is 0 Å². The molecule has 5 heterocycles. The summed E-state index contributed by atoms with van der Waals surface area (Å²) in [4.78, 5) is 32.4. The van der Waals surface area contributed by atoms with Gasteiger partial charge in [-0.1, -0.05) is 6.07 Å². The fourth-order valence-electron chi connectivity index (χ4n) is 5.20. The van der Waals surface area contributed by atoms with Gasteiger partial charge in [-0.15, -0.1) is 0 Å². The van der Waals surface area contributed by atoms with Gasteiger partial charge in [0.2, 0.25) is 0 Å². The summed E-state index contributed by atoms with van der Waals surface area (Å²) in [6, 6.07) is 7.46. The molecule has 30 heavy (non-hydrogen) atoms. The molecule has 0 spiro atoms. The normalized spacial score (nSPS) is 24.9. The van der Waals surface area contributed by atoms with Crippen LogP contribution in [0.4, 0.5) is 0 Å². The maximum atomic E-state index is 13.1. The maximum absolute atomic E-state index is 13.1. The van der Waals surface area contributed by atoms with Crippen molar-refractivity contribution in [3.05, 3.63) is 63.3 Å². The number of rotatable bonds is 2. The van der Waals surface area contributed by atoms with Crippen molar-refractivity contribution >= 4 is 5.91 Å². The van der Waals surface area contributed by atoms with E-state index in [2.05, 4.69) is 10.3 Å². The van der Waals surface area contributed by atoms with Crippen LogP contribution in [-0.2, 0) is 12.1 Å². The number of pyridine rings is 2. The number of hydrogen-bond donors (Lipinski definition) is 2. The summed E-state index contributed by atoms with van der Waals surface area (Å²) in [5.41, 5.74) is 1.77. The largest absolute Gasteiger partial charge is 0.383 e. The Hall–Kier alpha value is -2.51. The summed E-state index contributed by atoms with van der Waals surface area (Å²) in [7, 11) is 0. The Morgan fingerprint density at radius 3 is 2.73 bits per heavy atom. The molecule has 158 valence electrons. The van der Waals surface area contributed by atoms with E-state index >= 15 is 0 Å². The monoisotopic (exact) mass is 408 g/mol. The molecule has 0 aliphatic carbocycles. The van der Waals surface area contributed by atoms with Gasteiger partial charge >= 0.3 is 0 Å². The number of carbonyl (C=O) groups is 1. The lowest BCUT2D eigenvalue weighted by atomic mass is 9.84. The van der Waals surface area contributed by atoms with Gasteiger partial charge in [-0.05, 0) is 62.4 Å². The van der Waals surface area contributed by atoms with Gasteiger partial charge in [0.05, 0.1) is 5.69 Å². The van der Waals surface area contributed by atoms with E-state index in [0.29, 0.717) is 50.0 Å². The molecule has 2 fully saturated rings. The SMILES string of the molecule is Cc1ccc(C2(O)CCN(C(=O)c3ccc4n(c3=O)C[C@@H]3CNC[C@H]4C3)CC2)nc1. The third kappa shape index (κ3) is 3.26. The first-order valence-electron chi connectivity index (χ1n) is 10.8. The van der Waals surface area contributed by atoms with Crippen LogP contribution in [-0.4, -0.2) is 51.6 Å². The lowest BCUT2D eigenvalue weighted by Gasteiger charge is -2.39. The molecule has 7 nitrogen and oxygen atoms in total. The van der Waals surface area contributed by atoms with Crippen LogP contribution in [0.2, 0.25) is 0 Å². The van der Waals surface area contributed by atoms with Crippen molar-refractivity contribution in [1.29, 1.82) is 0 Å². The molecule has 2 N–H and O–H groups in total. The Bertz CT molecular complexity index is 1020. The number of aliphatic hydroxyl groups is 1. The number of carbonyl (C=O) groups excluding carboxylic acids is 1. The first kappa shape index (κ1) is 19.5. The second-order valence-corrected chi connectivity index (χ2v) is 9.09. The molecule has 0 radical (unpaired) electrons. The number of aromatic nitrogens is 2. The third-order valence-electron chi connectivity index (χ3n) is 7.01. The molecule has 0 aromatic carbocycles. The molecule has 5 rings (SSSR count). The van der Waals surface area contributed by atoms with Gasteiger partial charge in [0, 0.05) is 44.0 Å². The highest BCUT2D eigenvalue weighted by molar-refractivity contribution is 5.94. The molecule has 0 unspecified atom stereocenters. The van der Waals surface area contributed by atoms with Gasteiger partial charge in [-0.2, -0.15) is 0 Å². The van der Waals surface area contributed by atoms with Crippen molar-refractivity contribution in [1.82, 2.24) is 19.8 Å². The summed E-state index contributed by atoms with van der Waals surface area (Å²) >= 11 is 0. The Morgan fingerprint density at radius 1 is 1.20 bits per heavy atom. The van der Waals surface area contributed by atoms with Crippen LogP contribution >= 0.6 is 0 Å². The minimum Gasteiger partial charge on any atom is -0.383 e.